The van der Waals surface area contributed by atoms with Gasteiger partial charge in [0.15, 0.2) is 0 Å². The molecule has 0 aliphatic heterocycles. The van der Waals surface area contributed by atoms with Gasteiger partial charge in [-0.3, -0.25) is 15.0 Å². The third-order valence-corrected chi connectivity index (χ3v) is 5.69. The lowest BCUT2D eigenvalue weighted by Crippen LogP contribution is -1.85. The largest absolute Gasteiger partial charge is 0.265 e. The first-order valence-electron chi connectivity index (χ1n) is 17.0. The first-order valence-corrected chi connectivity index (χ1v) is 17.0. The van der Waals surface area contributed by atoms with Crippen molar-refractivity contribution in [1.82, 2.24) is 80.4 Å². The molecule has 0 atom stereocenters. The second kappa shape index (κ2) is 32.3. The predicted molar refractivity (Wildman–Crippen MR) is 214 cm³/mol. The van der Waals surface area contributed by atoms with Crippen molar-refractivity contribution < 1.29 is 0 Å². The molecule has 0 aliphatic rings. The van der Waals surface area contributed by atoms with E-state index in [9.17, 15) is 0 Å². The van der Waals surface area contributed by atoms with Gasteiger partial charge in [0.1, 0.15) is 24.3 Å². The van der Waals surface area contributed by atoms with Crippen LogP contribution in [-0.2, 0) is 0 Å². The van der Waals surface area contributed by atoms with Crippen molar-refractivity contribution in [3.63, 3.8) is 0 Å². The van der Waals surface area contributed by atoms with Gasteiger partial charge < -0.3 is 0 Å². The number of pyridine rings is 1. The Kier molecular flexibility index (Phi) is 26.9. The van der Waals surface area contributed by atoms with Crippen molar-refractivity contribution in [2.24, 2.45) is 0 Å². The van der Waals surface area contributed by atoms with Gasteiger partial charge in [-0.25, -0.2) is 34.9 Å². The Hall–Kier alpha value is -7.36. The average Bonchev–Trinajstić information content (AvgIpc) is 3.22. The van der Waals surface area contributed by atoms with Gasteiger partial charge in [-0.15, -0.1) is 5.10 Å². The molecule has 0 aromatic carbocycles. The Morgan fingerprint density at radius 3 is 1.25 bits per heavy atom. The molecule has 16 heteroatoms. The first kappa shape index (κ1) is 46.7. The van der Waals surface area contributed by atoms with Gasteiger partial charge in [0.2, 0.25) is 0 Å². The summed E-state index contributed by atoms with van der Waals surface area (Å²) < 4.78 is 0. The maximum absolute atomic E-state index is 3.92. The Morgan fingerprint density at radius 2 is 0.964 bits per heavy atom. The van der Waals surface area contributed by atoms with Crippen LogP contribution in [0, 0.1) is 55.4 Å². The Balaban J connectivity index is 0.000000320. The summed E-state index contributed by atoms with van der Waals surface area (Å²) in [6.07, 6.45) is 28.6. The highest BCUT2D eigenvalue weighted by atomic mass is 15.1. The van der Waals surface area contributed by atoms with E-state index in [1.807, 2.05) is 84.9 Å². The zero-order chi connectivity index (χ0) is 40.9. The molecule has 0 saturated heterocycles. The van der Waals surface area contributed by atoms with Gasteiger partial charge in [-0.05, 0) is 115 Å². The van der Waals surface area contributed by atoms with E-state index in [1.165, 1.54) is 18.2 Å². The van der Waals surface area contributed by atoms with Crippen molar-refractivity contribution in [3.8, 4) is 0 Å². The van der Waals surface area contributed by atoms with Crippen molar-refractivity contribution in [2.75, 3.05) is 0 Å². The molecular weight excluding hydrogens is 705 g/mol. The number of hydrogen-bond acceptors (Lipinski definition) is 16. The summed E-state index contributed by atoms with van der Waals surface area (Å²) in [6.45, 7) is 15.4. The van der Waals surface area contributed by atoms with Gasteiger partial charge in [-0.1, -0.05) is 0 Å². The topological polar surface area (TPSA) is 206 Å². The summed E-state index contributed by atoms with van der Waals surface area (Å²) in [5, 5.41) is 21.8. The molecule has 8 aromatic rings. The number of rotatable bonds is 0. The van der Waals surface area contributed by atoms with Crippen LogP contribution in [0.25, 0.3) is 0 Å². The molecule has 0 unspecified atom stereocenters. The summed E-state index contributed by atoms with van der Waals surface area (Å²) in [5.74, 6) is 1.53. The second-order valence-electron chi connectivity index (χ2n) is 10.9. The van der Waals surface area contributed by atoms with Crippen LogP contribution >= 0.6 is 0 Å². The average molecular weight is 753 g/mol. The molecule has 8 rings (SSSR count). The SMILES string of the molecule is Cc1cccnn1.Cc1ccncc1.Cc1ccncn1.Cc1ccnnc1.Cc1cnccn1.Cc1cncnc1.Cc1ncccn1.Cc1nccnn1. The smallest absolute Gasteiger partial charge is 0.147 e. The molecule has 0 saturated carbocycles. The predicted octanol–water partition coefficient (Wildman–Crippen LogP) is 6.28. The van der Waals surface area contributed by atoms with Crippen molar-refractivity contribution in [2.45, 2.75) is 55.4 Å². The standard InChI is InChI=1S/C6H7N.6C5H6N2.C4H5N3/c1-6-2-4-7-5-3-6;1-5-2-6-4-7-3-5;1-5-4-6-2-3-7-5;1-5-2-3-6-4-7-5;1-5-2-3-6-7-4-5;1-5-6-3-2-4-7-5;1-5-3-2-4-6-7-5;1-4-5-2-3-6-7-4/h2-5H,1H3;6*2-4H,1H3;2-3H,1H3. The molecule has 0 amide bonds. The van der Waals surface area contributed by atoms with Gasteiger partial charge >= 0.3 is 0 Å². The zero-order valence-corrected chi connectivity index (χ0v) is 33.0. The molecule has 8 heterocycles. The van der Waals surface area contributed by atoms with E-state index < -0.39 is 0 Å². The van der Waals surface area contributed by atoms with E-state index >= 15 is 0 Å². The number of nitrogens with zero attached hydrogens (tertiary/aromatic N) is 16. The van der Waals surface area contributed by atoms with E-state index in [2.05, 4.69) is 80.4 Å². The Labute approximate surface area is 328 Å². The van der Waals surface area contributed by atoms with Crippen LogP contribution in [0.2, 0.25) is 0 Å². The molecule has 0 radical (unpaired) electrons. The van der Waals surface area contributed by atoms with Crippen LogP contribution in [0.15, 0.2) is 148 Å². The summed E-state index contributed by atoms with van der Waals surface area (Å²) in [7, 11) is 0. The molecular formula is C40H48N16. The van der Waals surface area contributed by atoms with Crippen LogP contribution in [-0.4, -0.2) is 80.4 Å². The fourth-order valence-electron chi connectivity index (χ4n) is 2.95. The maximum Gasteiger partial charge on any atom is 0.147 e. The maximum atomic E-state index is 3.92. The van der Waals surface area contributed by atoms with Crippen LogP contribution in [0.5, 0.6) is 0 Å². The van der Waals surface area contributed by atoms with Gasteiger partial charge in [-0.2, -0.15) is 25.5 Å². The summed E-state index contributed by atoms with van der Waals surface area (Å²) in [6, 6.07) is 13.3. The molecule has 0 fully saturated rings. The van der Waals surface area contributed by atoms with Crippen molar-refractivity contribution in [3.05, 3.63) is 193 Å². The lowest BCUT2D eigenvalue weighted by molar-refractivity contribution is 0.907. The minimum Gasteiger partial charge on any atom is -0.265 e. The van der Waals surface area contributed by atoms with Crippen LogP contribution in [0.3, 0.4) is 0 Å². The first-order chi connectivity index (χ1) is 27.2. The molecule has 8 aromatic heterocycles. The minimum absolute atomic E-state index is 0.711. The molecule has 56 heavy (non-hydrogen) atoms. The highest BCUT2D eigenvalue weighted by molar-refractivity contribution is 5.05. The number of aromatic nitrogens is 16. The summed E-state index contributed by atoms with van der Waals surface area (Å²) in [5.41, 5.74) is 6.44. The van der Waals surface area contributed by atoms with Crippen LogP contribution in [0.1, 0.15) is 45.4 Å². The second-order valence-corrected chi connectivity index (χ2v) is 10.9. The molecule has 16 nitrogen and oxygen atoms in total. The van der Waals surface area contributed by atoms with E-state index in [0.717, 1.165) is 34.0 Å². The number of hydrogen-bond donors (Lipinski definition) is 0. The lowest BCUT2D eigenvalue weighted by atomic mass is 10.3. The summed E-state index contributed by atoms with van der Waals surface area (Å²) >= 11 is 0. The molecule has 0 aliphatic carbocycles. The molecule has 0 N–H and O–H groups in total. The Morgan fingerprint density at radius 1 is 0.304 bits per heavy atom. The fourth-order valence-corrected chi connectivity index (χ4v) is 2.95. The van der Waals surface area contributed by atoms with Gasteiger partial charge in [0, 0.05) is 86.3 Å². The van der Waals surface area contributed by atoms with Crippen LogP contribution < -0.4 is 0 Å². The third kappa shape index (κ3) is 30.3. The lowest BCUT2D eigenvalue weighted by Gasteiger charge is -1.82. The zero-order valence-electron chi connectivity index (χ0n) is 33.0. The monoisotopic (exact) mass is 752 g/mol. The van der Waals surface area contributed by atoms with Gasteiger partial charge in [0.25, 0.3) is 0 Å². The van der Waals surface area contributed by atoms with E-state index in [-0.39, 0.29) is 0 Å². The molecule has 0 bridgehead atoms. The van der Waals surface area contributed by atoms with Crippen molar-refractivity contribution in [1.29, 1.82) is 0 Å². The normalized spacial score (nSPS) is 8.71. The highest BCUT2D eigenvalue weighted by Crippen LogP contribution is 1.89. The van der Waals surface area contributed by atoms with Gasteiger partial charge in [0.05, 0.1) is 23.8 Å². The van der Waals surface area contributed by atoms with Crippen LogP contribution in [0.4, 0.5) is 0 Å². The third-order valence-electron chi connectivity index (χ3n) is 5.69. The van der Waals surface area contributed by atoms with E-state index in [4.69, 9.17) is 0 Å². The summed E-state index contributed by atoms with van der Waals surface area (Å²) in [4.78, 5) is 38.3. The molecule has 0 spiro atoms. The van der Waals surface area contributed by atoms with E-state index in [0.29, 0.717) is 5.82 Å². The Bertz CT molecular complexity index is 1540. The van der Waals surface area contributed by atoms with E-state index in [1.54, 1.807) is 106 Å². The molecule has 288 valence electrons. The van der Waals surface area contributed by atoms with Crippen molar-refractivity contribution >= 4 is 0 Å². The fraction of sp³-hybridized carbons (Fsp3) is 0.200. The minimum atomic E-state index is 0.711. The quantitative estimate of drug-likeness (QED) is 0.167. The number of aryl methyl sites for hydroxylation is 8. The highest BCUT2D eigenvalue weighted by Gasteiger charge is 1.79.